The highest BCUT2D eigenvalue weighted by molar-refractivity contribution is 7.99. The van der Waals surface area contributed by atoms with Crippen LogP contribution in [0.1, 0.15) is 46.6 Å². The Kier molecular flexibility index (Phi) is 7.36. The number of rotatable bonds is 7. The molecule has 0 aliphatic carbocycles. The molecule has 0 atom stereocenters. The van der Waals surface area contributed by atoms with E-state index in [9.17, 15) is 9.59 Å². The Bertz CT molecular complexity index is 811. The molecule has 0 unspecified atom stereocenters. The number of hydrogen-bond donors (Lipinski definition) is 1. The summed E-state index contributed by atoms with van der Waals surface area (Å²) < 4.78 is 5.21. The van der Waals surface area contributed by atoms with Crippen molar-refractivity contribution >= 4 is 51.7 Å². The lowest BCUT2D eigenvalue weighted by molar-refractivity contribution is 0.0463. The maximum atomic E-state index is 12.5. The molecule has 7 nitrogen and oxygen atoms in total. The van der Waals surface area contributed by atoms with Gasteiger partial charge in [0.1, 0.15) is 4.88 Å². The first-order valence-corrected chi connectivity index (χ1v) is 10.1. The number of esters is 1. The maximum Gasteiger partial charge on any atom is 0.350 e. The van der Waals surface area contributed by atoms with E-state index < -0.39 is 11.9 Å². The lowest BCUT2D eigenvalue weighted by atomic mass is 10.2. The summed E-state index contributed by atoms with van der Waals surface area (Å²) in [6.07, 6.45) is 1.39. The minimum absolute atomic E-state index is 0.0643. The molecular formula is C16H19ClN4O3S2. The molecule has 1 amide bonds. The maximum absolute atomic E-state index is 12.5. The molecule has 0 fully saturated rings. The number of anilines is 1. The third-order valence-electron chi connectivity index (χ3n) is 2.96. The number of halogens is 1. The first-order chi connectivity index (χ1) is 12.3. The van der Waals surface area contributed by atoms with Gasteiger partial charge in [0.2, 0.25) is 0 Å². The van der Waals surface area contributed by atoms with Crippen LogP contribution >= 0.6 is 34.7 Å². The number of carbonyl (C=O) groups excluding carboxylic acids is 2. The zero-order chi connectivity index (χ0) is 19.3. The van der Waals surface area contributed by atoms with Gasteiger partial charge in [-0.1, -0.05) is 55.5 Å². The Balaban J connectivity index is 2.14. The van der Waals surface area contributed by atoms with Crippen molar-refractivity contribution in [3.8, 4) is 0 Å². The van der Waals surface area contributed by atoms with Crippen LogP contribution in [0.25, 0.3) is 0 Å². The van der Waals surface area contributed by atoms with Crippen molar-refractivity contribution in [3.05, 3.63) is 27.5 Å². The monoisotopic (exact) mass is 414 g/mol. The third kappa shape index (κ3) is 5.39. The van der Waals surface area contributed by atoms with Crippen LogP contribution in [0.2, 0.25) is 5.02 Å². The van der Waals surface area contributed by atoms with E-state index in [1.165, 1.54) is 18.0 Å². The Morgan fingerprint density at radius 3 is 2.77 bits per heavy atom. The number of aromatic nitrogens is 3. The number of amides is 1. The molecule has 0 aromatic carbocycles. The number of nitrogens with zero attached hydrogens (tertiary/aromatic N) is 3. The van der Waals surface area contributed by atoms with Crippen molar-refractivity contribution in [2.24, 2.45) is 5.92 Å². The Morgan fingerprint density at radius 2 is 2.12 bits per heavy atom. The average Bonchev–Trinajstić information content (AvgIpc) is 2.94. The van der Waals surface area contributed by atoms with Crippen LogP contribution in [-0.2, 0) is 4.74 Å². The minimum atomic E-state index is -0.508. The van der Waals surface area contributed by atoms with Gasteiger partial charge in [-0.25, -0.2) is 19.7 Å². The van der Waals surface area contributed by atoms with Gasteiger partial charge in [-0.3, -0.25) is 10.1 Å². The highest BCUT2D eigenvalue weighted by Gasteiger charge is 2.20. The van der Waals surface area contributed by atoms with E-state index in [1.54, 1.807) is 6.92 Å². The molecular weight excluding hydrogens is 396 g/mol. The minimum Gasteiger partial charge on any atom is -0.461 e. The van der Waals surface area contributed by atoms with E-state index in [2.05, 4.69) is 20.3 Å². The third-order valence-corrected chi connectivity index (χ3v) is 5.03. The second kappa shape index (κ2) is 9.29. The lowest BCUT2D eigenvalue weighted by Crippen LogP contribution is -2.15. The summed E-state index contributed by atoms with van der Waals surface area (Å²) in [6, 6.07) is 0. The van der Waals surface area contributed by atoms with Crippen molar-refractivity contribution in [1.82, 2.24) is 15.0 Å². The van der Waals surface area contributed by atoms with Crippen LogP contribution in [0.15, 0.2) is 11.4 Å². The van der Waals surface area contributed by atoms with Crippen molar-refractivity contribution in [1.29, 1.82) is 0 Å². The normalized spacial score (nSPS) is 10.8. The van der Waals surface area contributed by atoms with Gasteiger partial charge in [0, 0.05) is 0 Å². The van der Waals surface area contributed by atoms with Gasteiger partial charge in [-0.05, 0) is 18.6 Å². The fourth-order valence-electron chi connectivity index (χ4n) is 1.81. The average molecular weight is 415 g/mol. The highest BCUT2D eigenvalue weighted by atomic mass is 35.5. The molecule has 2 heterocycles. The van der Waals surface area contributed by atoms with E-state index >= 15 is 0 Å². The second-order valence-electron chi connectivity index (χ2n) is 5.66. The number of hydrogen-bond acceptors (Lipinski definition) is 8. The smallest absolute Gasteiger partial charge is 0.350 e. The number of thiazole rings is 1. The molecule has 10 heteroatoms. The molecule has 2 rings (SSSR count). The first kappa shape index (κ1) is 20.6. The summed E-state index contributed by atoms with van der Waals surface area (Å²) in [4.78, 5) is 37.3. The summed E-state index contributed by atoms with van der Waals surface area (Å²) in [7, 11) is 0. The SMILES string of the molecule is CCSc1ncc(Cl)c(C(=O)Nc2nc(C)c(C(=O)OCC(C)C)s2)n1. The lowest BCUT2D eigenvalue weighted by Gasteiger charge is -2.05. The molecule has 26 heavy (non-hydrogen) atoms. The molecule has 0 saturated heterocycles. The van der Waals surface area contributed by atoms with Crippen LogP contribution in [-0.4, -0.2) is 39.2 Å². The molecule has 140 valence electrons. The van der Waals surface area contributed by atoms with Crippen molar-refractivity contribution in [2.45, 2.75) is 32.9 Å². The number of thioether (sulfide) groups is 1. The standard InChI is InChI=1S/C16H19ClN4O3S2/c1-5-25-15-18-6-10(17)11(20-15)13(22)21-16-19-9(4)12(26-16)14(23)24-7-8(2)3/h6,8H,5,7H2,1-4H3,(H,19,21,22). The molecule has 1 N–H and O–H groups in total. The predicted octanol–water partition coefficient (Wildman–Crippen LogP) is 4.07. The predicted molar refractivity (Wildman–Crippen MR) is 103 cm³/mol. The molecule has 0 saturated carbocycles. The van der Waals surface area contributed by atoms with Gasteiger partial charge in [0.05, 0.1) is 23.5 Å². The van der Waals surface area contributed by atoms with Gasteiger partial charge in [0.15, 0.2) is 16.0 Å². The summed E-state index contributed by atoms with van der Waals surface area (Å²) in [5, 5.41) is 3.52. The van der Waals surface area contributed by atoms with Gasteiger partial charge in [-0.2, -0.15) is 0 Å². The molecule has 0 bridgehead atoms. The zero-order valence-electron chi connectivity index (χ0n) is 14.8. The zero-order valence-corrected chi connectivity index (χ0v) is 17.2. The van der Waals surface area contributed by atoms with Crippen molar-refractivity contribution in [3.63, 3.8) is 0 Å². The second-order valence-corrected chi connectivity index (χ2v) is 8.30. The van der Waals surface area contributed by atoms with Crippen molar-refractivity contribution in [2.75, 3.05) is 17.7 Å². The topological polar surface area (TPSA) is 94.1 Å². The van der Waals surface area contributed by atoms with Crippen molar-refractivity contribution < 1.29 is 14.3 Å². The van der Waals surface area contributed by atoms with Gasteiger partial charge >= 0.3 is 5.97 Å². The summed E-state index contributed by atoms with van der Waals surface area (Å²) in [5.74, 6) is 0.0551. The molecule has 0 aliphatic rings. The van der Waals surface area contributed by atoms with Crippen LogP contribution in [0, 0.1) is 12.8 Å². The number of aryl methyl sites for hydroxylation is 1. The van der Waals surface area contributed by atoms with E-state index in [0.717, 1.165) is 17.1 Å². The molecule has 0 radical (unpaired) electrons. The number of ether oxygens (including phenoxy) is 1. The van der Waals surface area contributed by atoms with Crippen LogP contribution in [0.3, 0.4) is 0 Å². The largest absolute Gasteiger partial charge is 0.461 e. The van der Waals surface area contributed by atoms with Gasteiger partial charge < -0.3 is 4.74 Å². The number of carbonyl (C=O) groups is 2. The fraction of sp³-hybridized carbons (Fsp3) is 0.438. The molecule has 0 spiro atoms. The first-order valence-electron chi connectivity index (χ1n) is 7.93. The van der Waals surface area contributed by atoms with Gasteiger partial charge in [0.25, 0.3) is 5.91 Å². The summed E-state index contributed by atoms with van der Waals surface area (Å²) in [6.45, 7) is 7.88. The Morgan fingerprint density at radius 1 is 1.38 bits per heavy atom. The summed E-state index contributed by atoms with van der Waals surface area (Å²) in [5.41, 5.74) is 0.560. The quantitative estimate of drug-likeness (QED) is 0.414. The van der Waals surface area contributed by atoms with Crippen LogP contribution < -0.4 is 5.32 Å². The molecule has 2 aromatic heterocycles. The van der Waals surface area contributed by atoms with E-state index in [4.69, 9.17) is 16.3 Å². The van der Waals surface area contributed by atoms with Crippen LogP contribution in [0.4, 0.5) is 5.13 Å². The Hall–Kier alpha value is -1.71. The fourth-order valence-corrected chi connectivity index (χ4v) is 3.39. The van der Waals surface area contributed by atoms with Gasteiger partial charge in [-0.15, -0.1) is 0 Å². The van der Waals surface area contributed by atoms with E-state index in [0.29, 0.717) is 22.3 Å². The summed E-state index contributed by atoms with van der Waals surface area (Å²) >= 11 is 8.49. The highest BCUT2D eigenvalue weighted by Crippen LogP contribution is 2.25. The molecule has 0 aliphatic heterocycles. The Labute approximate surface area is 164 Å². The van der Waals surface area contributed by atoms with E-state index in [-0.39, 0.29) is 21.8 Å². The molecule has 2 aromatic rings. The van der Waals surface area contributed by atoms with Crippen LogP contribution in [0.5, 0.6) is 0 Å². The number of nitrogens with one attached hydrogen (secondary N) is 1. The van der Waals surface area contributed by atoms with E-state index in [1.807, 2.05) is 20.8 Å².